The lowest BCUT2D eigenvalue weighted by molar-refractivity contribution is -0.154. The van der Waals surface area contributed by atoms with Gasteiger partial charge < -0.3 is 64.3 Å². The van der Waals surface area contributed by atoms with Crippen molar-refractivity contribution in [3.63, 3.8) is 0 Å². The van der Waals surface area contributed by atoms with E-state index in [-0.39, 0.29) is 91.8 Å². The van der Waals surface area contributed by atoms with Crippen molar-refractivity contribution in [3.8, 4) is 0 Å². The fraction of sp³-hybridized carbons (Fsp3) is 0.660. The number of rotatable bonds is 10. The number of aliphatic hydroxyl groups is 2. The summed E-state index contributed by atoms with van der Waals surface area (Å²) in [6, 6.07) is 18.9. The molecule has 7 rings (SSSR count). The Hall–Kier alpha value is -3.72. The van der Waals surface area contributed by atoms with E-state index in [1.807, 2.05) is 67.6 Å². The first-order valence-corrected chi connectivity index (χ1v) is 22.0. The van der Waals surface area contributed by atoms with Crippen LogP contribution in [0.1, 0.15) is 69.9 Å². The molecule has 360 valence electrons. The van der Waals surface area contributed by atoms with E-state index in [0.29, 0.717) is 78.5 Å². The predicted molar refractivity (Wildman–Crippen MR) is 235 cm³/mol. The molecular formula is C47H72N2O15. The molecule has 0 radical (unpaired) electrons. The molecule has 8 atom stereocenters. The lowest BCUT2D eigenvalue weighted by Crippen LogP contribution is -2.53. The SMILES string of the molecule is COC1(C)CCOCC1=O.COC1(C)CCOC[C@@H]1N.N[C@H]1COCC[C@@H]1O.O=C(C[C@H]1COCCC1=O)OCc1ccccc1.O=C(C[C@H]1COCC[C@@H]1O)OCc1ccccc1. The molecule has 0 bridgehead atoms. The van der Waals surface area contributed by atoms with Crippen molar-refractivity contribution in [1.82, 2.24) is 0 Å². The van der Waals surface area contributed by atoms with Gasteiger partial charge in [0.1, 0.15) is 31.2 Å². The molecule has 5 aliphatic rings. The van der Waals surface area contributed by atoms with E-state index in [4.69, 9.17) is 59.2 Å². The van der Waals surface area contributed by atoms with Gasteiger partial charge in [-0.2, -0.15) is 0 Å². The number of esters is 2. The first kappa shape index (κ1) is 54.6. The summed E-state index contributed by atoms with van der Waals surface area (Å²) in [6.45, 7) is 9.51. The number of benzene rings is 2. The van der Waals surface area contributed by atoms with Gasteiger partial charge in [0.2, 0.25) is 0 Å². The molecule has 64 heavy (non-hydrogen) atoms. The Morgan fingerprint density at radius 1 is 0.672 bits per heavy atom. The van der Waals surface area contributed by atoms with Gasteiger partial charge in [-0.25, -0.2) is 0 Å². The minimum atomic E-state index is -0.585. The fourth-order valence-corrected chi connectivity index (χ4v) is 6.65. The summed E-state index contributed by atoms with van der Waals surface area (Å²) >= 11 is 0. The fourth-order valence-electron chi connectivity index (χ4n) is 6.65. The summed E-state index contributed by atoms with van der Waals surface area (Å²) < 4.78 is 46.2. The molecule has 5 fully saturated rings. The smallest absolute Gasteiger partial charge is 0.306 e. The Morgan fingerprint density at radius 3 is 1.69 bits per heavy atom. The summed E-state index contributed by atoms with van der Waals surface area (Å²) in [4.78, 5) is 45.9. The van der Waals surface area contributed by atoms with Crippen LogP contribution in [0.3, 0.4) is 0 Å². The van der Waals surface area contributed by atoms with Crippen molar-refractivity contribution in [3.05, 3.63) is 71.8 Å². The van der Waals surface area contributed by atoms with Crippen molar-refractivity contribution < 1.29 is 72.0 Å². The van der Waals surface area contributed by atoms with Crippen molar-refractivity contribution in [2.24, 2.45) is 23.3 Å². The van der Waals surface area contributed by atoms with Gasteiger partial charge in [0.25, 0.3) is 0 Å². The van der Waals surface area contributed by atoms with Crippen LogP contribution >= 0.6 is 0 Å². The van der Waals surface area contributed by atoms with Crippen LogP contribution in [0.2, 0.25) is 0 Å². The van der Waals surface area contributed by atoms with E-state index in [1.165, 1.54) is 0 Å². The monoisotopic (exact) mass is 904 g/mol. The minimum absolute atomic E-state index is 0.0197. The van der Waals surface area contributed by atoms with Gasteiger partial charge in [-0.3, -0.25) is 19.2 Å². The van der Waals surface area contributed by atoms with Gasteiger partial charge >= 0.3 is 11.9 Å². The number of ether oxygens (including phenoxy) is 9. The van der Waals surface area contributed by atoms with E-state index in [0.717, 1.165) is 24.2 Å². The Balaban J connectivity index is 0.000000221. The number of aliphatic hydroxyl groups excluding tert-OH is 2. The molecule has 2 unspecified atom stereocenters. The highest BCUT2D eigenvalue weighted by atomic mass is 16.5. The standard InChI is InChI=1S/C14H18O4.C14H16O4.C7H15NO2.C7H12O3.C5H11NO2/c2*15-13-6-7-17-10-12(13)8-14(16)18-9-11-4-2-1-3-5-11;2*1-7(9-2)3-4-10-5-6(7)8;6-4-3-8-2-1-5(4)7/h1-5,12-13,15H,6-10H2;1-5,12H,6-10H2;6H,3-5,8H2,1-2H3;3-5H2,1-2H3;4-5,7H,1-3,6H2/t12-,13-;12-;6-,7?;;4-,5-/m000.0/s1. The second-order valence-corrected chi connectivity index (χ2v) is 16.6. The molecule has 0 aromatic heterocycles. The molecule has 0 saturated carbocycles. The maximum atomic E-state index is 11.6. The third-order valence-electron chi connectivity index (χ3n) is 11.7. The topological polar surface area (TPSA) is 244 Å². The molecule has 6 N–H and O–H groups in total. The lowest BCUT2D eigenvalue weighted by atomic mass is 9.92. The van der Waals surface area contributed by atoms with Crippen LogP contribution in [0.5, 0.6) is 0 Å². The molecular weight excluding hydrogens is 833 g/mol. The number of ketones is 2. The predicted octanol–water partition coefficient (Wildman–Crippen LogP) is 2.86. The number of hydrogen-bond donors (Lipinski definition) is 4. The highest BCUT2D eigenvalue weighted by Gasteiger charge is 2.36. The van der Waals surface area contributed by atoms with Crippen LogP contribution in [0, 0.1) is 11.8 Å². The van der Waals surface area contributed by atoms with Crippen LogP contribution < -0.4 is 11.5 Å². The molecule has 0 aliphatic carbocycles. The van der Waals surface area contributed by atoms with E-state index >= 15 is 0 Å². The average molecular weight is 905 g/mol. The van der Waals surface area contributed by atoms with Crippen LogP contribution in [0.4, 0.5) is 0 Å². The zero-order valence-electron chi connectivity index (χ0n) is 38.0. The molecule has 0 spiro atoms. The number of carbonyl (C=O) groups excluding carboxylic acids is 4. The summed E-state index contributed by atoms with van der Waals surface area (Å²) in [5.41, 5.74) is 12.3. The summed E-state index contributed by atoms with van der Waals surface area (Å²) in [5, 5.41) is 18.7. The van der Waals surface area contributed by atoms with Crippen LogP contribution in [-0.2, 0) is 75.0 Å². The van der Waals surface area contributed by atoms with Crippen LogP contribution in [0.15, 0.2) is 60.7 Å². The van der Waals surface area contributed by atoms with Crippen molar-refractivity contribution in [1.29, 1.82) is 0 Å². The average Bonchev–Trinajstić information content (AvgIpc) is 3.31. The van der Waals surface area contributed by atoms with E-state index < -0.39 is 11.7 Å². The van der Waals surface area contributed by atoms with E-state index in [1.54, 1.807) is 21.1 Å². The van der Waals surface area contributed by atoms with Gasteiger partial charge in [0.05, 0.1) is 88.3 Å². The Labute approximate surface area is 377 Å². The maximum absolute atomic E-state index is 11.6. The van der Waals surface area contributed by atoms with Gasteiger partial charge in [0.15, 0.2) is 5.78 Å². The van der Waals surface area contributed by atoms with Crippen molar-refractivity contribution >= 4 is 23.5 Å². The van der Waals surface area contributed by atoms with Crippen LogP contribution in [0.25, 0.3) is 0 Å². The van der Waals surface area contributed by atoms with Crippen molar-refractivity contribution in [2.45, 2.75) is 108 Å². The minimum Gasteiger partial charge on any atom is -0.461 e. The molecule has 17 nitrogen and oxygen atoms in total. The molecule has 2 aromatic rings. The highest BCUT2D eigenvalue weighted by molar-refractivity contribution is 5.88. The third kappa shape index (κ3) is 20.2. The lowest BCUT2D eigenvalue weighted by Gasteiger charge is -2.37. The molecule has 5 saturated heterocycles. The number of nitrogens with two attached hydrogens (primary N) is 2. The Kier molecular flexibility index (Phi) is 25.4. The number of Topliss-reactive ketones (excluding diaryl/α,β-unsaturated/α-hetero) is 2. The number of methoxy groups -OCH3 is 2. The quantitative estimate of drug-likeness (QED) is 0.251. The summed E-state index contributed by atoms with van der Waals surface area (Å²) in [7, 11) is 3.26. The second-order valence-electron chi connectivity index (χ2n) is 16.6. The summed E-state index contributed by atoms with van der Waals surface area (Å²) in [5.74, 6) is -0.959. The second kappa shape index (κ2) is 29.7. The molecule has 2 aromatic carbocycles. The zero-order chi connectivity index (χ0) is 46.8. The largest absolute Gasteiger partial charge is 0.461 e. The maximum Gasteiger partial charge on any atom is 0.306 e. The van der Waals surface area contributed by atoms with Gasteiger partial charge in [-0.15, -0.1) is 0 Å². The molecule has 5 heterocycles. The highest BCUT2D eigenvalue weighted by Crippen LogP contribution is 2.23. The third-order valence-corrected chi connectivity index (χ3v) is 11.7. The van der Waals surface area contributed by atoms with E-state index in [9.17, 15) is 24.3 Å². The molecule has 17 heteroatoms. The van der Waals surface area contributed by atoms with Crippen LogP contribution in [-0.4, -0.2) is 150 Å². The molecule has 5 aliphatic heterocycles. The zero-order valence-corrected chi connectivity index (χ0v) is 38.0. The van der Waals surface area contributed by atoms with Gasteiger partial charge in [0, 0.05) is 59.2 Å². The summed E-state index contributed by atoms with van der Waals surface area (Å²) in [6.07, 6.45) is 2.77. The first-order chi connectivity index (χ1) is 30.7. The Bertz CT molecular complexity index is 1630. The van der Waals surface area contributed by atoms with Gasteiger partial charge in [-0.05, 0) is 37.8 Å². The number of hydrogen-bond acceptors (Lipinski definition) is 17. The first-order valence-electron chi connectivity index (χ1n) is 22.0. The molecule has 0 amide bonds. The normalized spacial score (nSPS) is 29.0. The Morgan fingerprint density at radius 2 is 1.22 bits per heavy atom. The van der Waals surface area contributed by atoms with Gasteiger partial charge in [-0.1, -0.05) is 60.7 Å². The number of carbonyl (C=O) groups is 4. The van der Waals surface area contributed by atoms with Crippen molar-refractivity contribution in [2.75, 3.05) is 80.3 Å². The van der Waals surface area contributed by atoms with E-state index in [2.05, 4.69) is 0 Å².